The summed E-state index contributed by atoms with van der Waals surface area (Å²) in [5.74, 6) is 2.30. The molecule has 100 valence electrons. The summed E-state index contributed by atoms with van der Waals surface area (Å²) in [4.78, 5) is 6.87. The lowest BCUT2D eigenvalue weighted by molar-refractivity contribution is 0.307. The summed E-state index contributed by atoms with van der Waals surface area (Å²) in [6.45, 7) is 7.18. The van der Waals surface area contributed by atoms with Gasteiger partial charge in [-0.15, -0.1) is 0 Å². The molecule has 2 rings (SSSR count). The molecule has 0 radical (unpaired) electrons. The minimum atomic E-state index is 0.576. The average Bonchev–Trinajstić information content (AvgIpc) is 2.38. The number of nitrogens with zero attached hydrogens (tertiary/aromatic N) is 2. The highest BCUT2D eigenvalue weighted by atomic mass is 16.5. The van der Waals surface area contributed by atoms with E-state index in [2.05, 4.69) is 23.7 Å². The standard InChI is InChI=1S/C14H23N3O/c1-3-9-18-14-12(15)6-7-13(16-14)17-8-4-5-11(2)10-17/h6-7,11H,3-5,8-10,15H2,1-2H3. The zero-order chi connectivity index (χ0) is 13.0. The normalized spacial score (nSPS) is 19.9. The first kappa shape index (κ1) is 13.0. The van der Waals surface area contributed by atoms with Crippen molar-refractivity contribution in [3.05, 3.63) is 12.1 Å². The van der Waals surface area contributed by atoms with Crippen molar-refractivity contribution in [2.24, 2.45) is 5.92 Å². The van der Waals surface area contributed by atoms with Gasteiger partial charge in [0, 0.05) is 13.1 Å². The Morgan fingerprint density at radius 2 is 2.33 bits per heavy atom. The van der Waals surface area contributed by atoms with E-state index in [9.17, 15) is 0 Å². The van der Waals surface area contributed by atoms with Crippen molar-refractivity contribution in [1.29, 1.82) is 0 Å². The van der Waals surface area contributed by atoms with Crippen LogP contribution in [0.4, 0.5) is 11.5 Å². The molecule has 2 N–H and O–H groups in total. The predicted molar refractivity (Wildman–Crippen MR) is 75.0 cm³/mol. The Bertz CT molecular complexity index is 395. The molecule has 0 spiro atoms. The first-order valence-electron chi connectivity index (χ1n) is 6.85. The monoisotopic (exact) mass is 249 g/mol. The summed E-state index contributed by atoms with van der Waals surface area (Å²) < 4.78 is 5.58. The summed E-state index contributed by atoms with van der Waals surface area (Å²) >= 11 is 0. The number of nitrogen functional groups attached to an aromatic ring is 1. The first-order chi connectivity index (χ1) is 8.70. The Morgan fingerprint density at radius 1 is 1.50 bits per heavy atom. The van der Waals surface area contributed by atoms with Crippen molar-refractivity contribution in [1.82, 2.24) is 4.98 Å². The molecule has 18 heavy (non-hydrogen) atoms. The highest BCUT2D eigenvalue weighted by Gasteiger charge is 2.18. The van der Waals surface area contributed by atoms with Crippen LogP contribution in [0.3, 0.4) is 0 Å². The number of anilines is 2. The summed E-state index contributed by atoms with van der Waals surface area (Å²) in [5, 5.41) is 0. The van der Waals surface area contributed by atoms with E-state index in [1.54, 1.807) is 0 Å². The highest BCUT2D eigenvalue weighted by molar-refractivity contribution is 5.54. The summed E-state index contributed by atoms with van der Waals surface area (Å²) in [6, 6.07) is 3.89. The van der Waals surface area contributed by atoms with Gasteiger partial charge in [0.2, 0.25) is 5.88 Å². The lowest BCUT2D eigenvalue weighted by Gasteiger charge is -2.32. The second kappa shape index (κ2) is 5.94. The smallest absolute Gasteiger partial charge is 0.239 e. The van der Waals surface area contributed by atoms with Gasteiger partial charge < -0.3 is 15.4 Å². The molecular formula is C14H23N3O. The fourth-order valence-electron chi connectivity index (χ4n) is 2.33. The second-order valence-corrected chi connectivity index (χ2v) is 5.11. The topological polar surface area (TPSA) is 51.4 Å². The fraction of sp³-hybridized carbons (Fsp3) is 0.643. The number of piperidine rings is 1. The molecule has 2 heterocycles. The second-order valence-electron chi connectivity index (χ2n) is 5.11. The summed E-state index contributed by atoms with van der Waals surface area (Å²) in [7, 11) is 0. The van der Waals surface area contributed by atoms with Gasteiger partial charge in [-0.25, -0.2) is 0 Å². The van der Waals surface area contributed by atoms with Crippen molar-refractivity contribution in [3.63, 3.8) is 0 Å². The van der Waals surface area contributed by atoms with E-state index in [0.29, 0.717) is 18.2 Å². The van der Waals surface area contributed by atoms with E-state index in [-0.39, 0.29) is 0 Å². The third-order valence-electron chi connectivity index (χ3n) is 3.30. The van der Waals surface area contributed by atoms with E-state index in [4.69, 9.17) is 10.5 Å². The number of ether oxygens (including phenoxy) is 1. The van der Waals surface area contributed by atoms with Gasteiger partial charge in [-0.1, -0.05) is 13.8 Å². The van der Waals surface area contributed by atoms with Gasteiger partial charge >= 0.3 is 0 Å². The Hall–Kier alpha value is -1.45. The lowest BCUT2D eigenvalue weighted by Crippen LogP contribution is -2.34. The Morgan fingerprint density at radius 3 is 3.06 bits per heavy atom. The van der Waals surface area contributed by atoms with Gasteiger partial charge in [0.05, 0.1) is 12.3 Å². The molecule has 1 saturated heterocycles. The lowest BCUT2D eigenvalue weighted by atomic mass is 10.0. The number of nitrogens with two attached hydrogens (primary N) is 1. The van der Waals surface area contributed by atoms with Gasteiger partial charge in [-0.2, -0.15) is 4.98 Å². The maximum atomic E-state index is 5.88. The Kier molecular flexibility index (Phi) is 4.28. The molecule has 0 aliphatic carbocycles. The van der Waals surface area contributed by atoms with E-state index in [1.807, 2.05) is 12.1 Å². The van der Waals surface area contributed by atoms with Crippen LogP contribution in [0.15, 0.2) is 12.1 Å². The number of aromatic nitrogens is 1. The van der Waals surface area contributed by atoms with Crippen molar-refractivity contribution in [3.8, 4) is 5.88 Å². The zero-order valence-electron chi connectivity index (χ0n) is 11.4. The molecule has 0 bridgehead atoms. The maximum Gasteiger partial charge on any atom is 0.239 e. The van der Waals surface area contributed by atoms with Crippen LogP contribution < -0.4 is 15.4 Å². The molecule has 0 amide bonds. The van der Waals surface area contributed by atoms with Crippen LogP contribution in [0.2, 0.25) is 0 Å². The molecule has 1 aromatic rings. The largest absolute Gasteiger partial charge is 0.476 e. The van der Waals surface area contributed by atoms with Crippen molar-refractivity contribution in [2.75, 3.05) is 30.3 Å². The van der Waals surface area contributed by atoms with Crippen LogP contribution in [0.1, 0.15) is 33.1 Å². The number of hydrogen-bond acceptors (Lipinski definition) is 4. The number of rotatable bonds is 4. The third-order valence-corrected chi connectivity index (χ3v) is 3.30. The van der Waals surface area contributed by atoms with Gasteiger partial charge in [-0.05, 0) is 37.3 Å². The molecule has 1 unspecified atom stereocenters. The van der Waals surface area contributed by atoms with Crippen LogP contribution in [0.25, 0.3) is 0 Å². The Labute approximate surface area is 109 Å². The molecule has 1 fully saturated rings. The molecule has 0 saturated carbocycles. The van der Waals surface area contributed by atoms with Crippen molar-refractivity contribution < 1.29 is 4.74 Å². The van der Waals surface area contributed by atoms with Crippen LogP contribution in [-0.4, -0.2) is 24.7 Å². The molecule has 1 aliphatic rings. The SMILES string of the molecule is CCCOc1nc(N2CCCC(C)C2)ccc1N. The van der Waals surface area contributed by atoms with E-state index >= 15 is 0 Å². The van der Waals surface area contributed by atoms with Crippen molar-refractivity contribution in [2.45, 2.75) is 33.1 Å². The molecule has 1 aromatic heterocycles. The van der Waals surface area contributed by atoms with Crippen LogP contribution >= 0.6 is 0 Å². The van der Waals surface area contributed by atoms with E-state index in [0.717, 1.165) is 31.2 Å². The van der Waals surface area contributed by atoms with Gasteiger partial charge in [0.1, 0.15) is 5.82 Å². The van der Waals surface area contributed by atoms with Gasteiger partial charge in [0.15, 0.2) is 0 Å². The third kappa shape index (κ3) is 3.06. The summed E-state index contributed by atoms with van der Waals surface area (Å²) in [5.41, 5.74) is 6.50. The maximum absolute atomic E-state index is 5.88. The summed E-state index contributed by atoms with van der Waals surface area (Å²) in [6.07, 6.45) is 3.51. The Balaban J connectivity index is 2.12. The zero-order valence-corrected chi connectivity index (χ0v) is 11.4. The molecule has 4 nitrogen and oxygen atoms in total. The minimum Gasteiger partial charge on any atom is -0.476 e. The van der Waals surface area contributed by atoms with Crippen molar-refractivity contribution >= 4 is 11.5 Å². The number of pyridine rings is 1. The van der Waals surface area contributed by atoms with Gasteiger partial charge in [-0.3, -0.25) is 0 Å². The van der Waals surface area contributed by atoms with Gasteiger partial charge in [0.25, 0.3) is 0 Å². The van der Waals surface area contributed by atoms with E-state index in [1.165, 1.54) is 12.8 Å². The molecule has 1 aliphatic heterocycles. The molecular weight excluding hydrogens is 226 g/mol. The van der Waals surface area contributed by atoms with E-state index < -0.39 is 0 Å². The molecule has 0 aromatic carbocycles. The quantitative estimate of drug-likeness (QED) is 0.891. The average molecular weight is 249 g/mol. The van der Waals surface area contributed by atoms with Crippen LogP contribution in [0, 0.1) is 5.92 Å². The minimum absolute atomic E-state index is 0.576. The predicted octanol–water partition coefficient (Wildman–Crippen LogP) is 2.69. The number of hydrogen-bond donors (Lipinski definition) is 1. The highest BCUT2D eigenvalue weighted by Crippen LogP contribution is 2.26. The molecule has 4 heteroatoms. The van der Waals surface area contributed by atoms with Crippen LogP contribution in [0.5, 0.6) is 5.88 Å². The van der Waals surface area contributed by atoms with Crippen LogP contribution in [-0.2, 0) is 0 Å². The first-order valence-corrected chi connectivity index (χ1v) is 6.85. The fourth-order valence-corrected chi connectivity index (χ4v) is 2.33. The molecule has 1 atom stereocenters.